The summed E-state index contributed by atoms with van der Waals surface area (Å²) >= 11 is 0. The molecule has 106 valence electrons. The van der Waals surface area contributed by atoms with Gasteiger partial charge in [0.2, 0.25) is 0 Å². The minimum absolute atomic E-state index is 0.192. The van der Waals surface area contributed by atoms with Crippen LogP contribution in [0.5, 0.6) is 0 Å². The van der Waals surface area contributed by atoms with Crippen LogP contribution in [0.15, 0.2) is 0 Å². The first kappa shape index (κ1) is 15.3. The number of hydrogen-bond donors (Lipinski definition) is 1. The van der Waals surface area contributed by atoms with Crippen molar-refractivity contribution in [1.82, 2.24) is 4.90 Å². The zero-order valence-electron chi connectivity index (χ0n) is 12.4. The molecule has 4 nitrogen and oxygen atoms in total. The lowest BCUT2D eigenvalue weighted by atomic mass is 9.85. The van der Waals surface area contributed by atoms with Gasteiger partial charge in [0.25, 0.3) is 0 Å². The molecule has 1 amide bonds. The Morgan fingerprint density at radius 2 is 1.83 bits per heavy atom. The first-order chi connectivity index (χ1) is 8.20. The minimum Gasteiger partial charge on any atom is -0.444 e. The summed E-state index contributed by atoms with van der Waals surface area (Å²) in [5.74, 6) is 1.07. The molecule has 1 saturated heterocycles. The van der Waals surface area contributed by atoms with Crippen LogP contribution in [0.3, 0.4) is 0 Å². The van der Waals surface area contributed by atoms with Gasteiger partial charge in [-0.05, 0) is 45.4 Å². The molecule has 0 bridgehead atoms. The maximum atomic E-state index is 12.0. The molecule has 18 heavy (non-hydrogen) atoms. The zero-order chi connectivity index (χ0) is 13.9. The first-order valence-electron chi connectivity index (χ1n) is 6.94. The fraction of sp³-hybridized carbons (Fsp3) is 0.929. The molecule has 1 heterocycles. The molecule has 0 aromatic heterocycles. The summed E-state index contributed by atoms with van der Waals surface area (Å²) in [5.41, 5.74) is 5.76. The van der Waals surface area contributed by atoms with Crippen LogP contribution < -0.4 is 5.73 Å². The highest BCUT2D eigenvalue weighted by Gasteiger charge is 2.29. The maximum absolute atomic E-state index is 12.0. The second-order valence-corrected chi connectivity index (χ2v) is 6.62. The summed E-state index contributed by atoms with van der Waals surface area (Å²) < 4.78 is 5.41. The van der Waals surface area contributed by atoms with Crippen molar-refractivity contribution in [3.8, 4) is 0 Å². The van der Waals surface area contributed by atoms with Crippen LogP contribution in [0.1, 0.15) is 47.5 Å². The third kappa shape index (κ3) is 4.48. The Hall–Kier alpha value is -0.770. The van der Waals surface area contributed by atoms with Gasteiger partial charge in [0, 0.05) is 19.1 Å². The van der Waals surface area contributed by atoms with Gasteiger partial charge in [-0.3, -0.25) is 0 Å². The predicted octanol–water partition coefficient (Wildman–Crippen LogP) is 2.62. The molecule has 0 aromatic carbocycles. The summed E-state index contributed by atoms with van der Waals surface area (Å²) in [5, 5.41) is 0. The average molecular weight is 256 g/mol. The average Bonchev–Trinajstić information content (AvgIpc) is 2.37. The SMILES string of the molecule is CC(C)C1CCN(C(=O)OC(C)(C)C)CCC1N. The van der Waals surface area contributed by atoms with E-state index in [4.69, 9.17) is 10.5 Å². The number of likely N-dealkylation sites (tertiary alicyclic amines) is 1. The van der Waals surface area contributed by atoms with Crippen LogP contribution >= 0.6 is 0 Å². The van der Waals surface area contributed by atoms with Crippen molar-refractivity contribution in [2.75, 3.05) is 13.1 Å². The molecule has 2 unspecified atom stereocenters. The summed E-state index contributed by atoms with van der Waals surface area (Å²) in [6, 6.07) is 0.192. The van der Waals surface area contributed by atoms with E-state index in [-0.39, 0.29) is 12.1 Å². The van der Waals surface area contributed by atoms with Crippen LogP contribution in [0, 0.1) is 11.8 Å². The lowest BCUT2D eigenvalue weighted by Crippen LogP contribution is -2.37. The van der Waals surface area contributed by atoms with Crippen LogP contribution in [-0.4, -0.2) is 35.7 Å². The molecular weight excluding hydrogens is 228 g/mol. The summed E-state index contributed by atoms with van der Waals surface area (Å²) in [7, 11) is 0. The number of nitrogens with zero attached hydrogens (tertiary/aromatic N) is 1. The van der Waals surface area contributed by atoms with Gasteiger partial charge in [-0.25, -0.2) is 4.79 Å². The molecule has 2 N–H and O–H groups in total. The van der Waals surface area contributed by atoms with Gasteiger partial charge in [0.15, 0.2) is 0 Å². The third-order valence-electron chi connectivity index (χ3n) is 3.52. The van der Waals surface area contributed by atoms with Crippen molar-refractivity contribution in [3.05, 3.63) is 0 Å². The summed E-state index contributed by atoms with van der Waals surface area (Å²) in [4.78, 5) is 13.8. The normalized spacial score (nSPS) is 26.1. The van der Waals surface area contributed by atoms with E-state index in [2.05, 4.69) is 13.8 Å². The monoisotopic (exact) mass is 256 g/mol. The number of amides is 1. The molecule has 0 aliphatic carbocycles. The van der Waals surface area contributed by atoms with Gasteiger partial charge in [-0.15, -0.1) is 0 Å². The molecule has 0 spiro atoms. The minimum atomic E-state index is -0.428. The van der Waals surface area contributed by atoms with E-state index >= 15 is 0 Å². The van der Waals surface area contributed by atoms with Gasteiger partial charge in [0.1, 0.15) is 5.60 Å². The van der Waals surface area contributed by atoms with Crippen molar-refractivity contribution in [3.63, 3.8) is 0 Å². The number of ether oxygens (including phenoxy) is 1. The number of nitrogens with two attached hydrogens (primary N) is 1. The van der Waals surface area contributed by atoms with E-state index in [1.54, 1.807) is 4.90 Å². The fourth-order valence-electron chi connectivity index (χ4n) is 2.49. The molecule has 0 radical (unpaired) electrons. The fourth-order valence-corrected chi connectivity index (χ4v) is 2.49. The van der Waals surface area contributed by atoms with Crippen molar-refractivity contribution in [2.24, 2.45) is 17.6 Å². The Kier molecular flexibility index (Phi) is 5.02. The van der Waals surface area contributed by atoms with Gasteiger partial charge in [-0.2, -0.15) is 0 Å². The smallest absolute Gasteiger partial charge is 0.410 e. The molecular formula is C14H28N2O2. The molecule has 1 rings (SSSR count). The zero-order valence-corrected chi connectivity index (χ0v) is 12.4. The summed E-state index contributed by atoms with van der Waals surface area (Å²) in [6.07, 6.45) is 1.62. The number of carbonyl (C=O) groups is 1. The molecule has 1 aliphatic rings. The molecule has 2 atom stereocenters. The standard InChI is InChI=1S/C14H28N2O2/c1-10(2)11-6-8-16(9-7-12(11)15)13(17)18-14(3,4)5/h10-12H,6-9,15H2,1-5H3. The quantitative estimate of drug-likeness (QED) is 0.784. The number of rotatable bonds is 1. The topological polar surface area (TPSA) is 55.6 Å². The maximum Gasteiger partial charge on any atom is 0.410 e. The van der Waals surface area contributed by atoms with E-state index in [0.29, 0.717) is 18.4 Å². The largest absolute Gasteiger partial charge is 0.444 e. The van der Waals surface area contributed by atoms with Gasteiger partial charge in [0.05, 0.1) is 0 Å². The lowest BCUT2D eigenvalue weighted by molar-refractivity contribution is 0.0254. The second kappa shape index (κ2) is 5.91. The van der Waals surface area contributed by atoms with Gasteiger partial charge < -0.3 is 15.4 Å². The Morgan fingerprint density at radius 3 is 2.33 bits per heavy atom. The molecule has 4 heteroatoms. The van der Waals surface area contributed by atoms with Crippen molar-refractivity contribution in [1.29, 1.82) is 0 Å². The lowest BCUT2D eigenvalue weighted by Gasteiger charge is -2.26. The third-order valence-corrected chi connectivity index (χ3v) is 3.52. The Labute approximate surface area is 111 Å². The Balaban J connectivity index is 2.58. The van der Waals surface area contributed by atoms with Gasteiger partial charge in [-0.1, -0.05) is 13.8 Å². The highest BCUT2D eigenvalue weighted by molar-refractivity contribution is 5.68. The Bertz CT molecular complexity index is 284. The van der Waals surface area contributed by atoms with Crippen LogP contribution in [-0.2, 0) is 4.74 Å². The highest BCUT2D eigenvalue weighted by Crippen LogP contribution is 2.24. The van der Waals surface area contributed by atoms with E-state index in [9.17, 15) is 4.79 Å². The van der Waals surface area contributed by atoms with E-state index in [1.165, 1.54) is 0 Å². The summed E-state index contributed by atoms with van der Waals surface area (Å²) in [6.45, 7) is 11.5. The predicted molar refractivity (Wildman–Crippen MR) is 73.3 cm³/mol. The first-order valence-corrected chi connectivity index (χ1v) is 6.94. The van der Waals surface area contributed by atoms with Gasteiger partial charge >= 0.3 is 6.09 Å². The number of hydrogen-bond acceptors (Lipinski definition) is 3. The molecule has 0 saturated carbocycles. The van der Waals surface area contributed by atoms with Crippen LogP contribution in [0.2, 0.25) is 0 Å². The van der Waals surface area contributed by atoms with Crippen molar-refractivity contribution in [2.45, 2.75) is 59.1 Å². The van der Waals surface area contributed by atoms with E-state index in [1.807, 2.05) is 20.8 Å². The number of carbonyl (C=O) groups excluding carboxylic acids is 1. The van der Waals surface area contributed by atoms with Crippen molar-refractivity contribution < 1.29 is 9.53 Å². The van der Waals surface area contributed by atoms with Crippen LogP contribution in [0.4, 0.5) is 4.79 Å². The van der Waals surface area contributed by atoms with Crippen LogP contribution in [0.25, 0.3) is 0 Å². The highest BCUT2D eigenvalue weighted by atomic mass is 16.6. The molecule has 1 aliphatic heterocycles. The second-order valence-electron chi connectivity index (χ2n) is 6.62. The Morgan fingerprint density at radius 1 is 1.28 bits per heavy atom. The van der Waals surface area contributed by atoms with E-state index < -0.39 is 5.60 Å². The van der Waals surface area contributed by atoms with Crippen molar-refractivity contribution >= 4 is 6.09 Å². The molecule has 1 fully saturated rings. The molecule has 0 aromatic rings. The van der Waals surface area contributed by atoms with E-state index in [0.717, 1.165) is 19.4 Å².